The second-order valence-corrected chi connectivity index (χ2v) is 12.5. The Hall–Kier alpha value is -2.19. The zero-order valence-corrected chi connectivity index (χ0v) is 25.1. The fourth-order valence-electron chi connectivity index (χ4n) is 6.31. The highest BCUT2D eigenvalue weighted by Gasteiger charge is 2.21. The van der Waals surface area contributed by atoms with Crippen LogP contribution in [0.5, 0.6) is 0 Å². The molecule has 0 aromatic heterocycles. The van der Waals surface area contributed by atoms with Gasteiger partial charge in [-0.1, -0.05) is 106 Å². The molecule has 0 unspecified atom stereocenters. The molecule has 3 aromatic rings. The molecule has 216 valence electrons. The predicted molar refractivity (Wildman–Crippen MR) is 166 cm³/mol. The minimum Gasteiger partial charge on any atom is -0.207 e. The van der Waals surface area contributed by atoms with Crippen LogP contribution in [0.4, 0.5) is 8.78 Å². The Kier molecular flexibility index (Phi) is 12.5. The molecular formula is C37H47ClF2. The van der Waals surface area contributed by atoms with Crippen molar-refractivity contribution in [2.24, 2.45) is 11.8 Å². The van der Waals surface area contributed by atoms with Crippen molar-refractivity contribution < 1.29 is 8.78 Å². The number of rotatable bonds is 15. The Morgan fingerprint density at radius 2 is 1.05 bits per heavy atom. The Bertz CT molecular complexity index is 1120. The van der Waals surface area contributed by atoms with Crippen molar-refractivity contribution in [2.45, 2.75) is 110 Å². The molecule has 1 saturated carbocycles. The summed E-state index contributed by atoms with van der Waals surface area (Å²) in [7, 11) is 0. The SMILES string of the molecule is CCCCCCCc1ccc(CC[C@H]2CC[C@H](CCc3cc(F)c(CCc4ccc(Cl)cc4)c(F)c3)CC2)cc1. The topological polar surface area (TPSA) is 0 Å². The minimum absolute atomic E-state index is 0.191. The molecule has 0 nitrogen and oxygen atoms in total. The average molecular weight is 565 g/mol. The van der Waals surface area contributed by atoms with Gasteiger partial charge in [0.2, 0.25) is 0 Å². The summed E-state index contributed by atoms with van der Waals surface area (Å²) in [4.78, 5) is 0. The molecule has 0 N–H and O–H groups in total. The fraction of sp³-hybridized carbons (Fsp3) is 0.514. The lowest BCUT2D eigenvalue weighted by molar-refractivity contribution is 0.253. The van der Waals surface area contributed by atoms with Gasteiger partial charge in [0.15, 0.2) is 0 Å². The molecule has 0 saturated heterocycles. The molecule has 3 heteroatoms. The van der Waals surface area contributed by atoms with Crippen molar-refractivity contribution in [1.82, 2.24) is 0 Å². The van der Waals surface area contributed by atoms with Crippen LogP contribution in [-0.2, 0) is 32.1 Å². The molecule has 40 heavy (non-hydrogen) atoms. The van der Waals surface area contributed by atoms with Gasteiger partial charge in [0.1, 0.15) is 11.6 Å². The third-order valence-electron chi connectivity index (χ3n) is 9.02. The van der Waals surface area contributed by atoms with Crippen molar-refractivity contribution in [2.75, 3.05) is 0 Å². The van der Waals surface area contributed by atoms with Crippen LogP contribution in [0.15, 0.2) is 60.7 Å². The molecule has 0 bridgehead atoms. The Morgan fingerprint density at radius 1 is 0.575 bits per heavy atom. The van der Waals surface area contributed by atoms with E-state index >= 15 is 0 Å². The minimum atomic E-state index is -0.410. The average Bonchev–Trinajstić information content (AvgIpc) is 2.96. The fourth-order valence-corrected chi connectivity index (χ4v) is 6.44. The summed E-state index contributed by atoms with van der Waals surface area (Å²) >= 11 is 5.93. The van der Waals surface area contributed by atoms with Gasteiger partial charge >= 0.3 is 0 Å². The highest BCUT2D eigenvalue weighted by molar-refractivity contribution is 6.30. The molecular weight excluding hydrogens is 518 g/mol. The van der Waals surface area contributed by atoms with Crippen LogP contribution in [0, 0.1) is 23.5 Å². The van der Waals surface area contributed by atoms with Gasteiger partial charge in [-0.2, -0.15) is 0 Å². The molecule has 0 spiro atoms. The summed E-state index contributed by atoms with van der Waals surface area (Å²) in [6.45, 7) is 2.27. The highest BCUT2D eigenvalue weighted by Crippen LogP contribution is 2.34. The van der Waals surface area contributed by atoms with Crippen molar-refractivity contribution in [3.8, 4) is 0 Å². The Morgan fingerprint density at radius 3 is 1.62 bits per heavy atom. The zero-order valence-electron chi connectivity index (χ0n) is 24.4. The lowest BCUT2D eigenvalue weighted by Crippen LogP contribution is -2.16. The van der Waals surface area contributed by atoms with E-state index < -0.39 is 11.6 Å². The lowest BCUT2D eigenvalue weighted by atomic mass is 9.77. The zero-order chi connectivity index (χ0) is 28.2. The molecule has 0 radical (unpaired) electrons. The molecule has 0 aliphatic heterocycles. The van der Waals surface area contributed by atoms with Gasteiger partial charge in [-0.25, -0.2) is 8.78 Å². The van der Waals surface area contributed by atoms with Gasteiger partial charge < -0.3 is 0 Å². The van der Waals surface area contributed by atoms with Crippen LogP contribution in [0.2, 0.25) is 5.02 Å². The van der Waals surface area contributed by atoms with Crippen LogP contribution >= 0.6 is 11.6 Å². The Balaban J connectivity index is 1.14. The van der Waals surface area contributed by atoms with Gasteiger partial charge in [0.25, 0.3) is 0 Å². The van der Waals surface area contributed by atoms with Crippen LogP contribution in [0.25, 0.3) is 0 Å². The summed E-state index contributed by atoms with van der Waals surface area (Å²) in [5.74, 6) is 0.660. The quantitative estimate of drug-likeness (QED) is 0.161. The van der Waals surface area contributed by atoms with Crippen molar-refractivity contribution in [1.29, 1.82) is 0 Å². The van der Waals surface area contributed by atoms with E-state index in [0.717, 1.165) is 29.9 Å². The Labute approximate surface area is 246 Å². The lowest BCUT2D eigenvalue weighted by Gasteiger charge is -2.28. The number of aryl methyl sites for hydroxylation is 4. The van der Waals surface area contributed by atoms with E-state index in [1.807, 2.05) is 24.3 Å². The summed E-state index contributed by atoms with van der Waals surface area (Å²) in [6, 6.07) is 19.9. The summed E-state index contributed by atoms with van der Waals surface area (Å²) < 4.78 is 29.6. The number of halogens is 3. The first-order valence-corrected chi connectivity index (χ1v) is 16.2. The van der Waals surface area contributed by atoms with Crippen LogP contribution in [0.1, 0.15) is 105 Å². The predicted octanol–water partition coefficient (Wildman–Crippen LogP) is 11.3. The van der Waals surface area contributed by atoms with Gasteiger partial charge in [0.05, 0.1) is 0 Å². The van der Waals surface area contributed by atoms with Gasteiger partial charge in [-0.05, 0) is 110 Å². The molecule has 0 atom stereocenters. The van der Waals surface area contributed by atoms with Gasteiger partial charge in [-0.15, -0.1) is 0 Å². The third-order valence-corrected chi connectivity index (χ3v) is 9.27. The highest BCUT2D eigenvalue weighted by atomic mass is 35.5. The largest absolute Gasteiger partial charge is 0.207 e. The maximum atomic E-state index is 14.8. The van der Waals surface area contributed by atoms with Gasteiger partial charge in [0, 0.05) is 10.6 Å². The number of unbranched alkanes of at least 4 members (excludes halogenated alkanes) is 4. The monoisotopic (exact) mass is 564 g/mol. The molecule has 1 aliphatic rings. The molecule has 1 aliphatic carbocycles. The second-order valence-electron chi connectivity index (χ2n) is 12.1. The summed E-state index contributed by atoms with van der Waals surface area (Å²) in [5.41, 5.74) is 4.96. The third kappa shape index (κ3) is 10.0. The van der Waals surface area contributed by atoms with Crippen LogP contribution in [-0.4, -0.2) is 0 Å². The molecule has 0 amide bonds. The second kappa shape index (κ2) is 16.3. The first kappa shape index (κ1) is 30.8. The van der Waals surface area contributed by atoms with Crippen LogP contribution in [0.3, 0.4) is 0 Å². The first-order chi connectivity index (χ1) is 19.5. The van der Waals surface area contributed by atoms with Crippen LogP contribution < -0.4 is 0 Å². The first-order valence-electron chi connectivity index (χ1n) is 15.8. The van der Waals surface area contributed by atoms with Crippen molar-refractivity contribution in [3.63, 3.8) is 0 Å². The normalized spacial score (nSPS) is 17.3. The van der Waals surface area contributed by atoms with Gasteiger partial charge in [-0.3, -0.25) is 0 Å². The maximum Gasteiger partial charge on any atom is 0.129 e. The summed E-state index contributed by atoms with van der Waals surface area (Å²) in [5, 5.41) is 0.670. The number of hydrogen-bond donors (Lipinski definition) is 0. The molecule has 0 heterocycles. The molecule has 4 rings (SSSR count). The number of hydrogen-bond acceptors (Lipinski definition) is 0. The van der Waals surface area contributed by atoms with Crippen molar-refractivity contribution in [3.05, 3.63) is 105 Å². The van der Waals surface area contributed by atoms with E-state index in [4.69, 9.17) is 11.6 Å². The standard InChI is InChI=1S/C37H47ClF2/c1-2-3-4-5-6-7-28-8-10-29(11-9-28)12-13-30-14-16-31(17-15-30)18-19-33-26-36(39)35(37(40)27-33)25-22-32-20-23-34(38)24-21-32/h8-11,20-21,23-24,26-27,30-31H,2-7,12-19,22,25H2,1H3/t30-,31-. The molecule has 1 fully saturated rings. The van der Waals surface area contributed by atoms with E-state index in [2.05, 4.69) is 31.2 Å². The van der Waals surface area contributed by atoms with E-state index in [-0.39, 0.29) is 5.56 Å². The number of benzene rings is 3. The van der Waals surface area contributed by atoms with E-state index in [1.165, 1.54) is 88.2 Å². The van der Waals surface area contributed by atoms with Crippen molar-refractivity contribution >= 4 is 11.6 Å². The smallest absolute Gasteiger partial charge is 0.129 e. The maximum absolute atomic E-state index is 14.8. The van der Waals surface area contributed by atoms with E-state index in [0.29, 0.717) is 23.8 Å². The molecule has 3 aromatic carbocycles. The summed E-state index contributed by atoms with van der Waals surface area (Å²) in [6.07, 6.45) is 18.1. The van der Waals surface area contributed by atoms with E-state index in [9.17, 15) is 8.78 Å². The van der Waals surface area contributed by atoms with E-state index in [1.54, 1.807) is 12.1 Å².